The van der Waals surface area contributed by atoms with Gasteiger partial charge in [-0.25, -0.2) is 0 Å². The number of rotatable bonds is 38. The van der Waals surface area contributed by atoms with Crippen LogP contribution in [0.5, 0.6) is 0 Å². The lowest BCUT2D eigenvalue weighted by Crippen LogP contribution is -2.25. The van der Waals surface area contributed by atoms with Gasteiger partial charge in [0.05, 0.1) is 13.2 Å². The highest BCUT2D eigenvalue weighted by Gasteiger charge is 2.13. The van der Waals surface area contributed by atoms with Crippen LogP contribution < -0.4 is 0 Å². The molecule has 0 aromatic rings. The van der Waals surface area contributed by atoms with Crippen molar-refractivity contribution in [3.63, 3.8) is 0 Å². The first kappa shape index (κ1) is 50.9. The minimum absolute atomic E-state index is 0.0479. The molecule has 0 spiro atoms. The van der Waals surface area contributed by atoms with E-state index >= 15 is 0 Å². The second kappa shape index (κ2) is 34.4. The van der Waals surface area contributed by atoms with Gasteiger partial charge < -0.3 is 14.6 Å². The lowest BCUT2D eigenvalue weighted by molar-refractivity contribution is -0.0471. The van der Waals surface area contributed by atoms with E-state index in [1.165, 1.54) is 135 Å². The van der Waals surface area contributed by atoms with Crippen LogP contribution in [0.1, 0.15) is 224 Å². The van der Waals surface area contributed by atoms with Crippen molar-refractivity contribution in [2.45, 2.75) is 230 Å². The third-order valence-corrected chi connectivity index (χ3v) is 12.2. The monoisotopic (exact) mass is 723 g/mol. The van der Waals surface area contributed by atoms with E-state index in [2.05, 4.69) is 76.2 Å². The van der Waals surface area contributed by atoms with Crippen molar-refractivity contribution in [2.24, 2.45) is 53.3 Å². The molecule has 308 valence electrons. The normalized spacial score (nSPS) is 17.1. The number of hydrogen-bond acceptors (Lipinski definition) is 3. The maximum absolute atomic E-state index is 9.83. The highest BCUT2D eigenvalue weighted by Crippen LogP contribution is 2.25. The van der Waals surface area contributed by atoms with Gasteiger partial charge in [-0.2, -0.15) is 0 Å². The number of hydrogen-bond donors (Lipinski definition) is 1. The van der Waals surface area contributed by atoms with Crippen LogP contribution in [0, 0.1) is 53.3 Å². The highest BCUT2D eigenvalue weighted by atomic mass is 16.5. The zero-order chi connectivity index (χ0) is 38.3. The molecular formula is C48H98O3. The number of aliphatic hydroxyl groups excluding tert-OH is 1. The smallest absolute Gasteiger partial charge is 0.104 e. The summed E-state index contributed by atoms with van der Waals surface area (Å²) in [5, 5.41) is 9.83. The maximum atomic E-state index is 9.83. The van der Waals surface area contributed by atoms with E-state index in [1.807, 2.05) is 0 Å². The molecule has 0 aromatic heterocycles. The van der Waals surface area contributed by atoms with E-state index in [-0.39, 0.29) is 12.7 Å². The summed E-state index contributed by atoms with van der Waals surface area (Å²) < 4.78 is 12.0. The van der Waals surface area contributed by atoms with Gasteiger partial charge >= 0.3 is 0 Å². The zero-order valence-electron chi connectivity index (χ0n) is 37.1. The summed E-state index contributed by atoms with van der Waals surface area (Å²) in [7, 11) is 0. The van der Waals surface area contributed by atoms with E-state index in [1.54, 1.807) is 0 Å². The summed E-state index contributed by atoms with van der Waals surface area (Å²) in [5.74, 6) is 7.47. The third-order valence-electron chi connectivity index (χ3n) is 12.2. The van der Waals surface area contributed by atoms with Gasteiger partial charge in [0.15, 0.2) is 0 Å². The predicted octanol–water partition coefficient (Wildman–Crippen LogP) is 15.1. The summed E-state index contributed by atoms with van der Waals surface area (Å²) >= 11 is 0. The highest BCUT2D eigenvalue weighted by molar-refractivity contribution is 4.64. The van der Waals surface area contributed by atoms with E-state index in [0.29, 0.717) is 18.4 Å². The minimum atomic E-state index is -0.188. The largest absolute Gasteiger partial charge is 0.394 e. The first-order valence-corrected chi connectivity index (χ1v) is 23.1. The van der Waals surface area contributed by atoms with Gasteiger partial charge in [-0.15, -0.1) is 0 Å². The van der Waals surface area contributed by atoms with Gasteiger partial charge in [-0.3, -0.25) is 0 Å². The number of ether oxygens (including phenoxy) is 2. The van der Waals surface area contributed by atoms with Crippen molar-refractivity contribution in [1.29, 1.82) is 0 Å². The molecule has 1 N–H and O–H groups in total. The van der Waals surface area contributed by atoms with Crippen LogP contribution in [0.4, 0.5) is 0 Å². The quantitative estimate of drug-likeness (QED) is 0.0645. The fourth-order valence-corrected chi connectivity index (χ4v) is 7.92. The molecule has 8 atom stereocenters. The van der Waals surface area contributed by atoms with Gasteiger partial charge in [0.1, 0.15) is 6.10 Å². The lowest BCUT2D eigenvalue weighted by Gasteiger charge is -2.19. The van der Waals surface area contributed by atoms with Crippen LogP contribution in [0.25, 0.3) is 0 Å². The summed E-state index contributed by atoms with van der Waals surface area (Å²) in [6.07, 6.45) is 31.1. The Morgan fingerprint density at radius 1 is 0.333 bits per heavy atom. The Morgan fingerprint density at radius 2 is 0.588 bits per heavy atom. The van der Waals surface area contributed by atoms with Crippen LogP contribution >= 0.6 is 0 Å². The Bertz CT molecular complexity index is 707. The third kappa shape index (κ3) is 35.3. The van der Waals surface area contributed by atoms with Crippen LogP contribution in [0.2, 0.25) is 0 Å². The first-order chi connectivity index (χ1) is 24.3. The molecule has 3 heteroatoms. The minimum Gasteiger partial charge on any atom is -0.394 e. The van der Waals surface area contributed by atoms with E-state index in [4.69, 9.17) is 9.47 Å². The molecular weight excluding hydrogens is 625 g/mol. The molecule has 0 saturated heterocycles. The predicted molar refractivity (Wildman–Crippen MR) is 228 cm³/mol. The summed E-state index contributed by atoms with van der Waals surface area (Å²) in [4.78, 5) is 0. The first-order valence-electron chi connectivity index (χ1n) is 23.1. The summed E-state index contributed by atoms with van der Waals surface area (Å²) in [6.45, 7) is 28.5. The molecule has 0 amide bonds. The SMILES string of the molecule is CC(C)CCC[C@@H](C)CCCC(C)CCC[C@@H](C)CCC[C@@H](C)CCO[C@H](CO)COCC[C@H](C)CCCC(C)CCC[C@H](C)CCCC(C)C. The standard InChI is InChI=1S/C48H98O3/c1-39(2)19-12-21-41(5)23-14-25-43(7)27-16-28-45(9)30-18-32-47(11)34-36-51-48(37-49)38-50-35-33-46(10)31-17-29-44(8)26-15-24-42(6)22-13-20-40(3)4/h39-49H,12-38H2,1-11H3/t41-,42-,43?,44?,45-,46-,47-,48-/m1/s1. The Morgan fingerprint density at radius 3 is 0.863 bits per heavy atom. The topological polar surface area (TPSA) is 38.7 Å². The molecule has 0 saturated carbocycles. The fraction of sp³-hybridized carbons (Fsp3) is 1.00. The fourth-order valence-electron chi connectivity index (χ4n) is 7.92. The molecule has 0 fully saturated rings. The van der Waals surface area contributed by atoms with E-state index in [0.717, 1.165) is 67.5 Å². The average molecular weight is 723 g/mol. The zero-order valence-corrected chi connectivity index (χ0v) is 37.1. The van der Waals surface area contributed by atoms with Crippen molar-refractivity contribution in [2.75, 3.05) is 26.4 Å². The Hall–Kier alpha value is -0.120. The molecule has 0 bridgehead atoms. The molecule has 0 aliphatic heterocycles. The second-order valence-electron chi connectivity index (χ2n) is 19.4. The van der Waals surface area contributed by atoms with Crippen molar-refractivity contribution < 1.29 is 14.6 Å². The van der Waals surface area contributed by atoms with E-state index in [9.17, 15) is 5.11 Å². The van der Waals surface area contributed by atoms with Crippen molar-refractivity contribution in [3.8, 4) is 0 Å². The molecule has 0 heterocycles. The average Bonchev–Trinajstić information content (AvgIpc) is 3.05. The molecule has 2 unspecified atom stereocenters. The summed E-state index contributed by atoms with van der Waals surface area (Å²) in [5.41, 5.74) is 0. The second-order valence-corrected chi connectivity index (χ2v) is 19.4. The molecule has 0 radical (unpaired) electrons. The molecule has 0 aliphatic carbocycles. The van der Waals surface area contributed by atoms with Gasteiger partial charge in [0, 0.05) is 13.2 Å². The van der Waals surface area contributed by atoms with Gasteiger partial charge in [-0.1, -0.05) is 211 Å². The van der Waals surface area contributed by atoms with Crippen molar-refractivity contribution >= 4 is 0 Å². The molecule has 0 aromatic carbocycles. The maximum Gasteiger partial charge on any atom is 0.104 e. The van der Waals surface area contributed by atoms with Gasteiger partial charge in [0.2, 0.25) is 0 Å². The van der Waals surface area contributed by atoms with Gasteiger partial charge in [-0.05, 0) is 66.1 Å². The van der Waals surface area contributed by atoms with Crippen LogP contribution in [0.3, 0.4) is 0 Å². The Labute approximate surface area is 323 Å². The molecule has 0 rings (SSSR count). The lowest BCUT2D eigenvalue weighted by atomic mass is 9.90. The summed E-state index contributed by atoms with van der Waals surface area (Å²) in [6, 6.07) is 0. The molecule has 51 heavy (non-hydrogen) atoms. The Kier molecular flexibility index (Phi) is 34.3. The van der Waals surface area contributed by atoms with E-state index < -0.39 is 0 Å². The Balaban J connectivity index is 3.79. The van der Waals surface area contributed by atoms with Crippen LogP contribution in [-0.4, -0.2) is 37.6 Å². The molecule has 0 aliphatic rings. The molecule has 3 nitrogen and oxygen atoms in total. The van der Waals surface area contributed by atoms with Gasteiger partial charge in [0.25, 0.3) is 0 Å². The van der Waals surface area contributed by atoms with Crippen LogP contribution in [-0.2, 0) is 9.47 Å². The number of aliphatic hydroxyl groups is 1. The van der Waals surface area contributed by atoms with Crippen molar-refractivity contribution in [3.05, 3.63) is 0 Å². The van der Waals surface area contributed by atoms with Crippen LogP contribution in [0.15, 0.2) is 0 Å². The van der Waals surface area contributed by atoms with Crippen molar-refractivity contribution in [1.82, 2.24) is 0 Å².